The van der Waals surface area contributed by atoms with Crippen LogP contribution >= 0.6 is 12.6 Å². The Bertz CT molecular complexity index is 370. The predicted octanol–water partition coefficient (Wildman–Crippen LogP) is 2.41. The molecule has 0 saturated carbocycles. The minimum absolute atomic E-state index is 0.0781. The highest BCUT2D eigenvalue weighted by molar-refractivity contribution is 7.81. The van der Waals surface area contributed by atoms with Gasteiger partial charge in [0.15, 0.2) is 0 Å². The molecule has 106 valence electrons. The number of carbonyl (C=O) groups is 1. The number of nitrogens with zero attached hydrogens (tertiary/aromatic N) is 1. The molecule has 0 aliphatic rings. The average Bonchev–Trinajstić information content (AvgIpc) is 2.44. The van der Waals surface area contributed by atoms with Crippen LogP contribution in [0.15, 0.2) is 30.3 Å². The van der Waals surface area contributed by atoms with Crippen molar-refractivity contribution in [1.29, 1.82) is 0 Å². The normalized spacial score (nSPS) is 12.2. The quantitative estimate of drug-likeness (QED) is 0.586. The number of amides is 1. The van der Waals surface area contributed by atoms with Gasteiger partial charge in [0, 0.05) is 19.7 Å². The van der Waals surface area contributed by atoms with E-state index in [4.69, 9.17) is 4.74 Å². The summed E-state index contributed by atoms with van der Waals surface area (Å²) in [6.45, 7) is 6.52. The van der Waals surface area contributed by atoms with Crippen molar-refractivity contribution in [1.82, 2.24) is 4.90 Å². The highest BCUT2D eigenvalue weighted by Crippen LogP contribution is 2.10. The fourth-order valence-electron chi connectivity index (χ4n) is 1.88. The van der Waals surface area contributed by atoms with Gasteiger partial charge < -0.3 is 9.64 Å². The average molecular weight is 281 g/mol. The lowest BCUT2D eigenvalue weighted by atomic mass is 10.1. The van der Waals surface area contributed by atoms with Gasteiger partial charge in [-0.2, -0.15) is 12.6 Å². The molecule has 0 bridgehead atoms. The van der Waals surface area contributed by atoms with Gasteiger partial charge in [0.25, 0.3) is 0 Å². The molecule has 0 N–H and O–H groups in total. The van der Waals surface area contributed by atoms with Gasteiger partial charge in [0.2, 0.25) is 5.91 Å². The van der Waals surface area contributed by atoms with E-state index < -0.39 is 0 Å². The Kier molecular flexibility index (Phi) is 7.60. The lowest BCUT2D eigenvalue weighted by Crippen LogP contribution is -2.39. The van der Waals surface area contributed by atoms with Gasteiger partial charge in [-0.3, -0.25) is 4.79 Å². The van der Waals surface area contributed by atoms with E-state index in [1.54, 1.807) is 4.90 Å². The molecule has 1 aromatic carbocycles. The summed E-state index contributed by atoms with van der Waals surface area (Å²) in [5.41, 5.74) is 1.14. The first-order chi connectivity index (χ1) is 9.19. The maximum atomic E-state index is 12.3. The molecule has 0 radical (unpaired) electrons. The Balaban J connectivity index is 2.49. The number of carbonyl (C=O) groups excluding carboxylic acids is 1. The minimum Gasteiger partial charge on any atom is -0.380 e. The summed E-state index contributed by atoms with van der Waals surface area (Å²) in [5, 5.41) is -0.288. The molecule has 1 aromatic rings. The fraction of sp³-hybridized carbons (Fsp3) is 0.533. The fourth-order valence-corrected chi connectivity index (χ4v) is 2.25. The van der Waals surface area contributed by atoms with Crippen molar-refractivity contribution < 1.29 is 9.53 Å². The van der Waals surface area contributed by atoms with Gasteiger partial charge in [-0.25, -0.2) is 0 Å². The van der Waals surface area contributed by atoms with Gasteiger partial charge in [0.1, 0.15) is 0 Å². The number of ether oxygens (including phenoxy) is 1. The van der Waals surface area contributed by atoms with Crippen LogP contribution in [0.3, 0.4) is 0 Å². The SMILES string of the molecule is CCOCCN(CC)C(=O)C(S)Cc1ccccc1. The van der Waals surface area contributed by atoms with E-state index in [-0.39, 0.29) is 11.2 Å². The van der Waals surface area contributed by atoms with E-state index in [1.165, 1.54) is 0 Å². The first-order valence-corrected chi connectivity index (χ1v) is 7.29. The van der Waals surface area contributed by atoms with E-state index in [1.807, 2.05) is 44.2 Å². The maximum absolute atomic E-state index is 12.3. The van der Waals surface area contributed by atoms with Crippen LogP contribution in [0.1, 0.15) is 19.4 Å². The molecule has 0 saturated heterocycles. The molecule has 1 unspecified atom stereocenters. The lowest BCUT2D eigenvalue weighted by molar-refractivity contribution is -0.131. The van der Waals surface area contributed by atoms with Crippen molar-refractivity contribution in [2.45, 2.75) is 25.5 Å². The van der Waals surface area contributed by atoms with E-state index in [2.05, 4.69) is 12.6 Å². The Morgan fingerprint density at radius 3 is 2.58 bits per heavy atom. The molecule has 0 aliphatic carbocycles. The van der Waals surface area contributed by atoms with Crippen molar-refractivity contribution in [3.63, 3.8) is 0 Å². The lowest BCUT2D eigenvalue weighted by Gasteiger charge is -2.24. The zero-order valence-electron chi connectivity index (χ0n) is 11.7. The monoisotopic (exact) mass is 281 g/mol. The molecule has 4 heteroatoms. The van der Waals surface area contributed by atoms with Crippen LogP contribution in [0.25, 0.3) is 0 Å². The predicted molar refractivity (Wildman–Crippen MR) is 81.7 cm³/mol. The van der Waals surface area contributed by atoms with Crippen molar-refractivity contribution in [2.24, 2.45) is 0 Å². The highest BCUT2D eigenvalue weighted by Gasteiger charge is 2.20. The summed E-state index contributed by atoms with van der Waals surface area (Å²) >= 11 is 4.44. The second-order valence-electron chi connectivity index (χ2n) is 4.32. The van der Waals surface area contributed by atoms with Crippen molar-refractivity contribution in [2.75, 3.05) is 26.3 Å². The molecule has 1 amide bonds. The molecule has 0 fully saturated rings. The first-order valence-electron chi connectivity index (χ1n) is 6.77. The van der Waals surface area contributed by atoms with E-state index in [0.29, 0.717) is 32.7 Å². The second-order valence-corrected chi connectivity index (χ2v) is 4.94. The zero-order valence-corrected chi connectivity index (χ0v) is 12.6. The number of hydrogen-bond donors (Lipinski definition) is 1. The molecule has 1 atom stereocenters. The molecule has 0 aromatic heterocycles. The Hall–Kier alpha value is -1.00. The van der Waals surface area contributed by atoms with Gasteiger partial charge in [-0.1, -0.05) is 30.3 Å². The van der Waals surface area contributed by atoms with Crippen LogP contribution in [0, 0.1) is 0 Å². The second kappa shape index (κ2) is 8.99. The summed E-state index contributed by atoms with van der Waals surface area (Å²) in [7, 11) is 0. The Morgan fingerprint density at radius 1 is 1.32 bits per heavy atom. The summed E-state index contributed by atoms with van der Waals surface area (Å²) in [5.74, 6) is 0.0781. The molecule has 1 rings (SSSR count). The van der Waals surface area contributed by atoms with Crippen LogP contribution in [-0.2, 0) is 16.0 Å². The van der Waals surface area contributed by atoms with Crippen molar-refractivity contribution in [3.8, 4) is 0 Å². The highest BCUT2D eigenvalue weighted by atomic mass is 32.1. The molecule has 0 heterocycles. The number of thiol groups is 1. The zero-order chi connectivity index (χ0) is 14.1. The van der Waals surface area contributed by atoms with Crippen LogP contribution in [0.2, 0.25) is 0 Å². The molecule has 0 spiro atoms. The van der Waals surface area contributed by atoms with Gasteiger partial charge in [-0.05, 0) is 25.8 Å². The third-order valence-corrected chi connectivity index (χ3v) is 3.36. The third kappa shape index (κ3) is 5.66. The minimum atomic E-state index is -0.288. The van der Waals surface area contributed by atoms with Gasteiger partial charge in [0.05, 0.1) is 11.9 Å². The maximum Gasteiger partial charge on any atom is 0.235 e. The molecular weight excluding hydrogens is 258 g/mol. The van der Waals surface area contributed by atoms with E-state index in [0.717, 1.165) is 5.56 Å². The number of hydrogen-bond acceptors (Lipinski definition) is 3. The van der Waals surface area contributed by atoms with Crippen molar-refractivity contribution in [3.05, 3.63) is 35.9 Å². The van der Waals surface area contributed by atoms with Gasteiger partial charge >= 0.3 is 0 Å². The standard InChI is InChI=1S/C15H23NO2S/c1-3-16(10-11-18-4-2)15(17)14(19)12-13-8-6-5-7-9-13/h5-9,14,19H,3-4,10-12H2,1-2H3. The summed E-state index contributed by atoms with van der Waals surface area (Å²) in [4.78, 5) is 14.1. The van der Waals surface area contributed by atoms with Gasteiger partial charge in [-0.15, -0.1) is 0 Å². The largest absolute Gasteiger partial charge is 0.380 e. The van der Waals surface area contributed by atoms with Crippen molar-refractivity contribution >= 4 is 18.5 Å². The van der Waals surface area contributed by atoms with Crippen LogP contribution in [0.4, 0.5) is 0 Å². The Labute approximate surface area is 121 Å². The van der Waals surface area contributed by atoms with E-state index in [9.17, 15) is 4.79 Å². The summed E-state index contributed by atoms with van der Waals surface area (Å²) < 4.78 is 5.30. The van der Waals surface area contributed by atoms with Crippen LogP contribution in [0.5, 0.6) is 0 Å². The number of rotatable bonds is 8. The first kappa shape index (κ1) is 16.1. The topological polar surface area (TPSA) is 29.5 Å². The molecule has 3 nitrogen and oxygen atoms in total. The van der Waals surface area contributed by atoms with E-state index >= 15 is 0 Å². The van der Waals surface area contributed by atoms with Crippen LogP contribution < -0.4 is 0 Å². The summed E-state index contributed by atoms with van der Waals surface area (Å²) in [6.07, 6.45) is 0.661. The van der Waals surface area contributed by atoms with Crippen LogP contribution in [-0.4, -0.2) is 42.4 Å². The number of likely N-dealkylation sites (N-methyl/N-ethyl adjacent to an activating group) is 1. The molecular formula is C15H23NO2S. The number of benzene rings is 1. The molecule has 19 heavy (non-hydrogen) atoms. The molecule has 0 aliphatic heterocycles. The third-order valence-electron chi connectivity index (χ3n) is 2.96. The Morgan fingerprint density at radius 2 is 2.00 bits per heavy atom. The summed E-state index contributed by atoms with van der Waals surface area (Å²) in [6, 6.07) is 9.97. The smallest absolute Gasteiger partial charge is 0.235 e.